The molecule has 1 atom stereocenters. The average molecular weight is 314 g/mol. The lowest BCUT2D eigenvalue weighted by atomic mass is 10.1. The van der Waals surface area contributed by atoms with Crippen LogP contribution in [0.25, 0.3) is 0 Å². The van der Waals surface area contributed by atoms with E-state index in [9.17, 15) is 9.59 Å². The number of ether oxygens (including phenoxy) is 2. The molecular formula is C17H18N2O4. The quantitative estimate of drug-likeness (QED) is 0.855. The van der Waals surface area contributed by atoms with Crippen LogP contribution in [0.2, 0.25) is 0 Å². The number of nitrogens with two attached hydrogens (primary N) is 1. The Bertz CT molecular complexity index is 701. The van der Waals surface area contributed by atoms with Crippen LogP contribution in [0.1, 0.15) is 17.3 Å². The van der Waals surface area contributed by atoms with Crippen molar-refractivity contribution in [1.29, 1.82) is 0 Å². The first-order valence-corrected chi connectivity index (χ1v) is 7.01. The van der Waals surface area contributed by atoms with Crippen LogP contribution in [0.3, 0.4) is 0 Å². The van der Waals surface area contributed by atoms with Gasteiger partial charge in [-0.1, -0.05) is 18.2 Å². The lowest BCUT2D eigenvalue weighted by Crippen LogP contribution is -2.30. The molecule has 0 aliphatic rings. The van der Waals surface area contributed by atoms with Crippen LogP contribution in [0, 0.1) is 0 Å². The van der Waals surface area contributed by atoms with Crippen molar-refractivity contribution in [3.63, 3.8) is 0 Å². The highest BCUT2D eigenvalue weighted by atomic mass is 16.5. The van der Waals surface area contributed by atoms with E-state index in [1.54, 1.807) is 25.1 Å². The average Bonchev–Trinajstić information content (AvgIpc) is 2.55. The number of amides is 2. The second-order valence-electron chi connectivity index (χ2n) is 4.84. The Labute approximate surface area is 134 Å². The van der Waals surface area contributed by atoms with E-state index in [0.717, 1.165) is 0 Å². The second-order valence-corrected chi connectivity index (χ2v) is 4.84. The monoisotopic (exact) mass is 314 g/mol. The summed E-state index contributed by atoms with van der Waals surface area (Å²) in [5, 5.41) is 2.68. The molecule has 2 aromatic rings. The van der Waals surface area contributed by atoms with Crippen LogP contribution in [0.15, 0.2) is 48.5 Å². The molecule has 0 aromatic heterocycles. The van der Waals surface area contributed by atoms with E-state index in [0.29, 0.717) is 17.2 Å². The molecule has 0 fully saturated rings. The molecule has 0 saturated carbocycles. The minimum absolute atomic E-state index is 0.276. The van der Waals surface area contributed by atoms with Gasteiger partial charge in [0, 0.05) is 5.56 Å². The van der Waals surface area contributed by atoms with Crippen LogP contribution >= 0.6 is 0 Å². The van der Waals surface area contributed by atoms with Gasteiger partial charge in [0.05, 0.1) is 12.8 Å². The molecular weight excluding hydrogens is 296 g/mol. The number of carbonyl (C=O) groups is 2. The van der Waals surface area contributed by atoms with Gasteiger partial charge in [0.1, 0.15) is 11.5 Å². The maximum atomic E-state index is 12.3. The van der Waals surface area contributed by atoms with E-state index in [1.165, 1.54) is 19.2 Å². The Kier molecular flexibility index (Phi) is 5.19. The van der Waals surface area contributed by atoms with Gasteiger partial charge in [-0.3, -0.25) is 9.59 Å². The molecule has 0 radical (unpaired) electrons. The Morgan fingerprint density at radius 3 is 2.43 bits per heavy atom. The third kappa shape index (κ3) is 4.23. The predicted molar refractivity (Wildman–Crippen MR) is 86.7 cm³/mol. The number of benzene rings is 2. The van der Waals surface area contributed by atoms with Gasteiger partial charge in [0.25, 0.3) is 5.91 Å². The highest BCUT2D eigenvalue weighted by Gasteiger charge is 2.17. The Balaban J connectivity index is 2.12. The number of carbonyl (C=O) groups excluding carboxylic acids is 2. The summed E-state index contributed by atoms with van der Waals surface area (Å²) in [6.07, 6.45) is -0.723. The molecule has 120 valence electrons. The van der Waals surface area contributed by atoms with Crippen molar-refractivity contribution >= 4 is 17.5 Å². The van der Waals surface area contributed by atoms with Crippen molar-refractivity contribution < 1.29 is 19.1 Å². The van der Waals surface area contributed by atoms with Crippen molar-refractivity contribution in [1.82, 2.24) is 0 Å². The van der Waals surface area contributed by atoms with Crippen LogP contribution in [0.4, 0.5) is 5.69 Å². The molecule has 23 heavy (non-hydrogen) atoms. The SMILES string of the molecule is COc1ccc(C(N)=O)cc1NC(=O)[C@H](C)Oc1ccccc1. The van der Waals surface area contributed by atoms with Crippen LogP contribution < -0.4 is 20.5 Å². The molecule has 0 saturated heterocycles. The summed E-state index contributed by atoms with van der Waals surface area (Å²) in [5.41, 5.74) is 5.88. The highest BCUT2D eigenvalue weighted by Crippen LogP contribution is 2.25. The number of methoxy groups -OCH3 is 1. The normalized spacial score (nSPS) is 11.4. The topological polar surface area (TPSA) is 90.6 Å². The number of hydrogen-bond acceptors (Lipinski definition) is 4. The summed E-state index contributed by atoms with van der Waals surface area (Å²) in [5.74, 6) is 0.0637. The van der Waals surface area contributed by atoms with E-state index in [4.69, 9.17) is 15.2 Å². The van der Waals surface area contributed by atoms with Gasteiger partial charge >= 0.3 is 0 Å². The van der Waals surface area contributed by atoms with Crippen molar-refractivity contribution in [3.05, 3.63) is 54.1 Å². The lowest BCUT2D eigenvalue weighted by Gasteiger charge is -2.16. The van der Waals surface area contributed by atoms with Gasteiger partial charge in [-0.15, -0.1) is 0 Å². The number of rotatable bonds is 6. The van der Waals surface area contributed by atoms with E-state index in [1.807, 2.05) is 18.2 Å². The van der Waals surface area contributed by atoms with Crippen LogP contribution in [-0.2, 0) is 4.79 Å². The van der Waals surface area contributed by atoms with Crippen molar-refractivity contribution in [2.24, 2.45) is 5.73 Å². The third-order valence-electron chi connectivity index (χ3n) is 3.17. The minimum Gasteiger partial charge on any atom is -0.495 e. The first-order chi connectivity index (χ1) is 11.0. The third-order valence-corrected chi connectivity index (χ3v) is 3.17. The van der Waals surface area contributed by atoms with Gasteiger partial charge in [-0.05, 0) is 37.3 Å². The molecule has 3 N–H and O–H groups in total. The van der Waals surface area contributed by atoms with E-state index >= 15 is 0 Å². The summed E-state index contributed by atoms with van der Waals surface area (Å²) in [6, 6.07) is 13.6. The standard InChI is InChI=1S/C17H18N2O4/c1-11(23-13-6-4-3-5-7-13)17(21)19-14-10-12(16(18)20)8-9-15(14)22-2/h3-11H,1-2H3,(H2,18,20)(H,19,21)/t11-/m0/s1. The van der Waals surface area contributed by atoms with Crippen molar-refractivity contribution in [3.8, 4) is 11.5 Å². The van der Waals surface area contributed by atoms with Gasteiger partial charge in [-0.25, -0.2) is 0 Å². The highest BCUT2D eigenvalue weighted by molar-refractivity contribution is 5.99. The molecule has 0 unspecified atom stereocenters. The molecule has 6 nitrogen and oxygen atoms in total. The Morgan fingerprint density at radius 1 is 1.13 bits per heavy atom. The zero-order chi connectivity index (χ0) is 16.8. The van der Waals surface area contributed by atoms with Crippen molar-refractivity contribution in [2.75, 3.05) is 12.4 Å². The maximum Gasteiger partial charge on any atom is 0.265 e. The van der Waals surface area contributed by atoms with Gasteiger partial charge in [0.15, 0.2) is 6.10 Å². The Hall–Kier alpha value is -3.02. The predicted octanol–water partition coefficient (Wildman–Crippen LogP) is 2.20. The van der Waals surface area contributed by atoms with Gasteiger partial charge in [0.2, 0.25) is 5.91 Å². The molecule has 2 rings (SSSR count). The maximum absolute atomic E-state index is 12.3. The lowest BCUT2D eigenvalue weighted by molar-refractivity contribution is -0.122. The summed E-state index contributed by atoms with van der Waals surface area (Å²) in [7, 11) is 1.47. The fourth-order valence-electron chi connectivity index (χ4n) is 1.95. The minimum atomic E-state index is -0.723. The second kappa shape index (κ2) is 7.31. The largest absolute Gasteiger partial charge is 0.495 e. The molecule has 0 aliphatic carbocycles. The van der Waals surface area contributed by atoms with E-state index < -0.39 is 12.0 Å². The van der Waals surface area contributed by atoms with E-state index in [-0.39, 0.29) is 11.5 Å². The smallest absolute Gasteiger partial charge is 0.265 e. The molecule has 0 aliphatic heterocycles. The van der Waals surface area contributed by atoms with Crippen LogP contribution in [0.5, 0.6) is 11.5 Å². The number of nitrogens with one attached hydrogen (secondary N) is 1. The molecule has 0 spiro atoms. The first kappa shape index (κ1) is 16.4. The fraction of sp³-hybridized carbons (Fsp3) is 0.176. The number of primary amides is 1. The Morgan fingerprint density at radius 2 is 1.83 bits per heavy atom. The van der Waals surface area contributed by atoms with Gasteiger partial charge in [-0.2, -0.15) is 0 Å². The zero-order valence-electron chi connectivity index (χ0n) is 12.9. The number of anilines is 1. The van der Waals surface area contributed by atoms with Crippen LogP contribution in [-0.4, -0.2) is 25.0 Å². The summed E-state index contributed by atoms with van der Waals surface area (Å²) < 4.78 is 10.7. The van der Waals surface area contributed by atoms with Gasteiger partial charge < -0.3 is 20.5 Å². The number of para-hydroxylation sites is 1. The zero-order valence-corrected chi connectivity index (χ0v) is 12.9. The molecule has 0 bridgehead atoms. The molecule has 2 amide bonds. The summed E-state index contributed by atoms with van der Waals surface area (Å²) >= 11 is 0. The first-order valence-electron chi connectivity index (χ1n) is 7.01. The molecule has 2 aromatic carbocycles. The summed E-state index contributed by atoms with van der Waals surface area (Å²) in [6.45, 7) is 1.63. The van der Waals surface area contributed by atoms with E-state index in [2.05, 4.69) is 5.32 Å². The van der Waals surface area contributed by atoms with Crippen molar-refractivity contribution in [2.45, 2.75) is 13.0 Å². The fourth-order valence-corrected chi connectivity index (χ4v) is 1.95. The summed E-state index contributed by atoms with van der Waals surface area (Å²) in [4.78, 5) is 23.5. The molecule has 0 heterocycles. The number of hydrogen-bond donors (Lipinski definition) is 2. The molecule has 6 heteroatoms.